The molecule has 0 radical (unpaired) electrons. The van der Waals surface area contributed by atoms with E-state index in [1.54, 1.807) is 0 Å². The maximum Gasteiger partial charge on any atom is 0.126 e. The maximum absolute atomic E-state index is 4.68. The normalized spacial score (nSPS) is 11.0. The van der Waals surface area contributed by atoms with E-state index in [1.165, 1.54) is 10.9 Å². The predicted octanol–water partition coefficient (Wildman–Crippen LogP) is 3.62. The molecule has 0 saturated heterocycles. The topological polar surface area (TPSA) is 24.9 Å². The van der Waals surface area contributed by atoms with Gasteiger partial charge in [0.2, 0.25) is 0 Å². The molecule has 0 bridgehead atoms. The van der Waals surface area contributed by atoms with Crippen molar-refractivity contribution in [1.82, 2.24) is 4.98 Å². The first-order valence-corrected chi connectivity index (χ1v) is 5.86. The van der Waals surface area contributed by atoms with Gasteiger partial charge < -0.3 is 5.32 Å². The van der Waals surface area contributed by atoms with Gasteiger partial charge in [-0.25, -0.2) is 4.98 Å². The Morgan fingerprint density at radius 2 is 2.00 bits per heavy atom. The minimum Gasteiger partial charge on any atom is -0.368 e. The molecule has 2 rings (SSSR count). The zero-order valence-corrected chi connectivity index (χ0v) is 10.1. The number of para-hydroxylation sites is 1. The monoisotopic (exact) mass is 214 g/mol. The van der Waals surface area contributed by atoms with Crippen LogP contribution in [0.1, 0.15) is 26.3 Å². The van der Waals surface area contributed by atoms with Gasteiger partial charge in [0.1, 0.15) is 5.82 Å². The van der Waals surface area contributed by atoms with Crippen LogP contribution in [0.4, 0.5) is 5.82 Å². The Balaban J connectivity index is 2.50. The Hall–Kier alpha value is -1.57. The molecule has 0 atom stereocenters. The van der Waals surface area contributed by atoms with Crippen LogP contribution < -0.4 is 5.32 Å². The third kappa shape index (κ3) is 2.16. The lowest BCUT2D eigenvalue weighted by molar-refractivity contribution is 0.891. The molecule has 1 aromatic carbocycles. The summed E-state index contributed by atoms with van der Waals surface area (Å²) in [6, 6.07) is 10.9. The summed E-state index contributed by atoms with van der Waals surface area (Å²) in [7, 11) is 0. The van der Waals surface area contributed by atoms with Crippen LogP contribution in [0.25, 0.3) is 10.9 Å². The molecule has 0 spiro atoms. The van der Waals surface area contributed by atoms with Crippen LogP contribution in [0.5, 0.6) is 0 Å². The number of benzene rings is 1. The average molecular weight is 214 g/mol. The zero-order valence-electron chi connectivity index (χ0n) is 10.1. The van der Waals surface area contributed by atoms with Crippen molar-refractivity contribution in [3.05, 3.63) is 35.9 Å². The standard InChI is InChI=1S/C14H18N2/c1-4-11-6-5-7-12-8-9-13(15-10(2)3)16-14(11)12/h5-10H,4H2,1-3H3,(H,15,16). The van der Waals surface area contributed by atoms with E-state index in [9.17, 15) is 0 Å². The zero-order chi connectivity index (χ0) is 11.5. The second kappa shape index (κ2) is 4.52. The van der Waals surface area contributed by atoms with Gasteiger partial charge in [0, 0.05) is 11.4 Å². The van der Waals surface area contributed by atoms with Gasteiger partial charge in [-0.1, -0.05) is 25.1 Å². The van der Waals surface area contributed by atoms with Crippen molar-refractivity contribution in [2.75, 3.05) is 5.32 Å². The van der Waals surface area contributed by atoms with Gasteiger partial charge >= 0.3 is 0 Å². The van der Waals surface area contributed by atoms with Gasteiger partial charge in [-0.3, -0.25) is 0 Å². The van der Waals surface area contributed by atoms with Crippen molar-refractivity contribution in [1.29, 1.82) is 0 Å². The summed E-state index contributed by atoms with van der Waals surface area (Å²) in [6.45, 7) is 6.41. The van der Waals surface area contributed by atoms with Crippen LogP contribution in [0.2, 0.25) is 0 Å². The quantitative estimate of drug-likeness (QED) is 0.844. The summed E-state index contributed by atoms with van der Waals surface area (Å²) in [5, 5.41) is 4.55. The molecule has 0 unspecified atom stereocenters. The second-order valence-corrected chi connectivity index (χ2v) is 4.34. The number of aryl methyl sites for hydroxylation is 1. The number of aromatic nitrogens is 1. The first kappa shape index (κ1) is 10.9. The number of hydrogen-bond donors (Lipinski definition) is 1. The molecule has 84 valence electrons. The van der Waals surface area contributed by atoms with Crippen molar-refractivity contribution in [2.45, 2.75) is 33.2 Å². The number of nitrogens with zero attached hydrogens (tertiary/aromatic N) is 1. The summed E-state index contributed by atoms with van der Waals surface area (Å²) < 4.78 is 0. The summed E-state index contributed by atoms with van der Waals surface area (Å²) in [5.74, 6) is 0.961. The molecule has 1 heterocycles. The van der Waals surface area contributed by atoms with Crippen molar-refractivity contribution in [3.63, 3.8) is 0 Å². The van der Waals surface area contributed by atoms with Gasteiger partial charge in [0.25, 0.3) is 0 Å². The highest BCUT2D eigenvalue weighted by atomic mass is 15.0. The minimum absolute atomic E-state index is 0.415. The van der Waals surface area contributed by atoms with Crippen LogP contribution >= 0.6 is 0 Å². The lowest BCUT2D eigenvalue weighted by atomic mass is 10.1. The van der Waals surface area contributed by atoms with Crippen molar-refractivity contribution < 1.29 is 0 Å². The highest BCUT2D eigenvalue weighted by molar-refractivity contribution is 5.83. The molecule has 2 heteroatoms. The van der Waals surface area contributed by atoms with Crippen LogP contribution in [0, 0.1) is 0 Å². The molecule has 0 saturated carbocycles. The lowest BCUT2D eigenvalue weighted by Gasteiger charge is -2.10. The van der Waals surface area contributed by atoms with Crippen molar-refractivity contribution in [2.24, 2.45) is 0 Å². The van der Waals surface area contributed by atoms with Gasteiger partial charge in [-0.2, -0.15) is 0 Å². The fourth-order valence-electron chi connectivity index (χ4n) is 1.87. The number of anilines is 1. The molecule has 0 amide bonds. The van der Waals surface area contributed by atoms with E-state index in [-0.39, 0.29) is 0 Å². The Labute approximate surface area is 96.7 Å². The molecular weight excluding hydrogens is 196 g/mol. The Kier molecular flexibility index (Phi) is 3.09. The third-order valence-electron chi connectivity index (χ3n) is 2.62. The van der Waals surface area contributed by atoms with Crippen LogP contribution in [-0.4, -0.2) is 11.0 Å². The van der Waals surface area contributed by atoms with Crippen molar-refractivity contribution >= 4 is 16.7 Å². The maximum atomic E-state index is 4.68. The smallest absolute Gasteiger partial charge is 0.126 e. The summed E-state index contributed by atoms with van der Waals surface area (Å²) in [4.78, 5) is 4.68. The van der Waals surface area contributed by atoms with E-state index < -0.39 is 0 Å². The highest BCUT2D eigenvalue weighted by Crippen LogP contribution is 2.19. The predicted molar refractivity (Wildman–Crippen MR) is 69.9 cm³/mol. The first-order chi connectivity index (χ1) is 7.70. The molecule has 1 N–H and O–H groups in total. The largest absolute Gasteiger partial charge is 0.368 e. The van der Waals surface area contributed by atoms with E-state index >= 15 is 0 Å². The summed E-state index contributed by atoms with van der Waals surface area (Å²) in [5.41, 5.74) is 2.43. The number of nitrogens with one attached hydrogen (secondary N) is 1. The molecule has 2 nitrogen and oxygen atoms in total. The van der Waals surface area contributed by atoms with E-state index in [0.717, 1.165) is 17.8 Å². The van der Waals surface area contributed by atoms with Gasteiger partial charge in [-0.05, 0) is 38.0 Å². The summed E-state index contributed by atoms with van der Waals surface area (Å²) in [6.07, 6.45) is 1.02. The number of rotatable bonds is 3. The van der Waals surface area contributed by atoms with Crippen LogP contribution in [-0.2, 0) is 6.42 Å². The number of hydrogen-bond acceptors (Lipinski definition) is 2. The van der Waals surface area contributed by atoms with E-state index in [4.69, 9.17) is 0 Å². The number of pyridine rings is 1. The molecule has 0 fully saturated rings. The SMILES string of the molecule is CCc1cccc2ccc(NC(C)C)nc12. The number of fused-ring (bicyclic) bond motifs is 1. The minimum atomic E-state index is 0.415. The third-order valence-corrected chi connectivity index (χ3v) is 2.62. The van der Waals surface area contributed by atoms with Crippen molar-refractivity contribution in [3.8, 4) is 0 Å². The highest BCUT2D eigenvalue weighted by Gasteiger charge is 2.03. The molecule has 1 aromatic heterocycles. The molecule has 0 aliphatic carbocycles. The molecule has 2 aromatic rings. The summed E-state index contributed by atoms with van der Waals surface area (Å²) >= 11 is 0. The van der Waals surface area contributed by atoms with E-state index in [0.29, 0.717) is 6.04 Å². The Morgan fingerprint density at radius 3 is 2.69 bits per heavy atom. The van der Waals surface area contributed by atoms with E-state index in [2.05, 4.69) is 55.3 Å². The average Bonchev–Trinajstić information content (AvgIpc) is 2.27. The van der Waals surface area contributed by atoms with Gasteiger partial charge in [-0.15, -0.1) is 0 Å². The fraction of sp³-hybridized carbons (Fsp3) is 0.357. The van der Waals surface area contributed by atoms with Crippen LogP contribution in [0.3, 0.4) is 0 Å². The molecule has 16 heavy (non-hydrogen) atoms. The molecule has 0 aliphatic heterocycles. The van der Waals surface area contributed by atoms with Crippen LogP contribution in [0.15, 0.2) is 30.3 Å². The first-order valence-electron chi connectivity index (χ1n) is 5.86. The fourth-order valence-corrected chi connectivity index (χ4v) is 1.87. The molecule has 0 aliphatic rings. The van der Waals surface area contributed by atoms with Gasteiger partial charge in [0.05, 0.1) is 5.52 Å². The Bertz CT molecular complexity index is 489. The lowest BCUT2D eigenvalue weighted by Crippen LogP contribution is -2.10. The Morgan fingerprint density at radius 1 is 1.19 bits per heavy atom. The molecular formula is C14H18N2. The van der Waals surface area contributed by atoms with Gasteiger partial charge in [0.15, 0.2) is 0 Å². The van der Waals surface area contributed by atoms with E-state index in [1.807, 2.05) is 6.07 Å². The second-order valence-electron chi connectivity index (χ2n) is 4.34.